The van der Waals surface area contributed by atoms with Crippen molar-refractivity contribution in [3.8, 4) is 16.9 Å². The van der Waals surface area contributed by atoms with Crippen LogP contribution in [-0.4, -0.2) is 62.0 Å². The lowest BCUT2D eigenvalue weighted by Gasteiger charge is -2.42. The molecule has 2 atom stereocenters. The second-order valence-electron chi connectivity index (χ2n) is 10.6. The van der Waals surface area contributed by atoms with Crippen LogP contribution in [0.15, 0.2) is 65.5 Å². The lowest BCUT2D eigenvalue weighted by molar-refractivity contribution is -0.921. The van der Waals surface area contributed by atoms with Crippen molar-refractivity contribution in [1.82, 2.24) is 9.47 Å². The van der Waals surface area contributed by atoms with E-state index in [1.165, 1.54) is 10.5 Å². The second-order valence-corrected chi connectivity index (χ2v) is 10.6. The van der Waals surface area contributed by atoms with Crippen molar-refractivity contribution >= 4 is 11.7 Å². The molecule has 8 nitrogen and oxygen atoms in total. The van der Waals surface area contributed by atoms with Gasteiger partial charge < -0.3 is 29.2 Å². The van der Waals surface area contributed by atoms with Crippen LogP contribution in [0.25, 0.3) is 11.1 Å². The first-order valence-electron chi connectivity index (χ1n) is 13.5. The number of urea groups is 1. The van der Waals surface area contributed by atoms with Crippen molar-refractivity contribution < 1.29 is 19.2 Å². The maximum atomic E-state index is 13.8. The zero-order chi connectivity index (χ0) is 26.1. The molecule has 2 saturated heterocycles. The van der Waals surface area contributed by atoms with E-state index < -0.39 is 0 Å². The summed E-state index contributed by atoms with van der Waals surface area (Å²) in [5.41, 5.74) is 4.77. The van der Waals surface area contributed by atoms with Crippen molar-refractivity contribution in [3.63, 3.8) is 0 Å². The summed E-state index contributed by atoms with van der Waals surface area (Å²) >= 11 is 0. The Kier molecular flexibility index (Phi) is 6.91. The highest BCUT2D eigenvalue weighted by atomic mass is 16.5. The molecular weight excluding hydrogens is 480 g/mol. The molecule has 198 valence electrons. The van der Waals surface area contributed by atoms with Crippen LogP contribution in [0.4, 0.5) is 10.5 Å². The van der Waals surface area contributed by atoms with Gasteiger partial charge in [-0.1, -0.05) is 36.4 Å². The first-order chi connectivity index (χ1) is 18.6. The number of hydrogen-bond donors (Lipinski definition) is 2. The van der Waals surface area contributed by atoms with Gasteiger partial charge in [-0.25, -0.2) is 4.79 Å². The number of quaternary nitrogens is 1. The number of para-hydroxylation sites is 2. The van der Waals surface area contributed by atoms with Gasteiger partial charge in [0.15, 0.2) is 0 Å². The summed E-state index contributed by atoms with van der Waals surface area (Å²) < 4.78 is 12.9. The minimum absolute atomic E-state index is 0.0774. The van der Waals surface area contributed by atoms with Crippen LogP contribution in [0, 0.1) is 5.92 Å². The Morgan fingerprint density at radius 1 is 1.00 bits per heavy atom. The predicted molar refractivity (Wildman–Crippen MR) is 146 cm³/mol. The Hall–Kier alpha value is -3.62. The average Bonchev–Trinajstić information content (AvgIpc) is 2.95. The molecule has 2 aromatic carbocycles. The molecule has 0 aliphatic carbocycles. The Bertz CT molecular complexity index is 1380. The van der Waals surface area contributed by atoms with Gasteiger partial charge in [-0.2, -0.15) is 0 Å². The molecule has 1 aromatic heterocycles. The van der Waals surface area contributed by atoms with E-state index in [2.05, 4.69) is 29.6 Å². The number of carbonyl (C=O) groups excluding carboxylic acids is 1. The third-order valence-electron chi connectivity index (χ3n) is 8.19. The smallest absolute Gasteiger partial charge is 0.321 e. The fourth-order valence-corrected chi connectivity index (χ4v) is 6.30. The number of pyridine rings is 1. The second kappa shape index (κ2) is 10.6. The molecule has 0 radical (unpaired) electrons. The van der Waals surface area contributed by atoms with Crippen molar-refractivity contribution in [2.45, 2.75) is 25.4 Å². The van der Waals surface area contributed by atoms with Gasteiger partial charge in [0.25, 0.3) is 5.56 Å². The number of nitrogens with one attached hydrogen (secondary N) is 2. The number of rotatable bonds is 5. The molecule has 6 rings (SSSR count). The van der Waals surface area contributed by atoms with Gasteiger partial charge in [0.2, 0.25) is 0 Å². The first-order valence-corrected chi connectivity index (χ1v) is 13.5. The van der Waals surface area contributed by atoms with Crippen LogP contribution in [0.1, 0.15) is 23.6 Å². The number of benzene rings is 2. The van der Waals surface area contributed by atoms with Crippen LogP contribution < -0.4 is 20.5 Å². The number of amides is 2. The van der Waals surface area contributed by atoms with Crippen molar-refractivity contribution in [2.24, 2.45) is 5.92 Å². The van der Waals surface area contributed by atoms with E-state index in [1.54, 1.807) is 7.11 Å². The molecular formula is C30H35N4O4+. The maximum absolute atomic E-state index is 13.8. The van der Waals surface area contributed by atoms with Crippen molar-refractivity contribution in [1.29, 1.82) is 0 Å². The standard InChI is InChI=1S/C30H34N4O4/c1-37-28-9-5-4-8-26(28)31-30(36)33-17-21-16-23(20-33)27-11-10-25(29(35)34(27)18-21)24-7-3-2-6-22(24)19-32-12-14-38-15-13-32/h2-11,21,23H,12-20H2,1H3,(H,31,36)/p+1/t21-,23+/m0/s1. The van der Waals surface area contributed by atoms with E-state index in [-0.39, 0.29) is 23.4 Å². The summed E-state index contributed by atoms with van der Waals surface area (Å²) in [6.45, 7) is 6.29. The van der Waals surface area contributed by atoms with E-state index in [9.17, 15) is 9.59 Å². The summed E-state index contributed by atoms with van der Waals surface area (Å²) in [5.74, 6) is 1.02. The fourth-order valence-electron chi connectivity index (χ4n) is 6.30. The topological polar surface area (TPSA) is 77.2 Å². The normalized spacial score (nSPS) is 21.0. The number of fused-ring (bicyclic) bond motifs is 4. The minimum Gasteiger partial charge on any atom is -0.495 e. The van der Waals surface area contributed by atoms with Crippen LogP contribution in [0.2, 0.25) is 0 Å². The SMILES string of the molecule is COc1ccccc1NC(=O)N1C[C@@H]2C[C@H](C1)c1ccc(-c3ccccc3C[NH+]3CCOCC3)c(=O)n1C2. The van der Waals surface area contributed by atoms with E-state index in [0.717, 1.165) is 56.1 Å². The van der Waals surface area contributed by atoms with E-state index in [0.29, 0.717) is 31.1 Å². The lowest BCUT2D eigenvalue weighted by atomic mass is 9.83. The number of hydrogen-bond acceptors (Lipinski definition) is 4. The Morgan fingerprint density at radius 3 is 2.63 bits per heavy atom. The number of anilines is 1. The molecule has 4 heterocycles. The van der Waals surface area contributed by atoms with Crippen LogP contribution in [0.3, 0.4) is 0 Å². The quantitative estimate of drug-likeness (QED) is 0.548. The molecule has 2 N–H and O–H groups in total. The molecule has 8 heteroatoms. The minimum atomic E-state index is -0.129. The van der Waals surface area contributed by atoms with E-state index in [1.807, 2.05) is 45.9 Å². The molecule has 2 fully saturated rings. The first kappa shape index (κ1) is 24.7. The molecule has 38 heavy (non-hydrogen) atoms. The molecule has 2 bridgehead atoms. The molecule has 0 saturated carbocycles. The largest absolute Gasteiger partial charge is 0.495 e. The van der Waals surface area contributed by atoms with Crippen LogP contribution >= 0.6 is 0 Å². The summed E-state index contributed by atoms with van der Waals surface area (Å²) in [6.07, 6.45) is 0.994. The zero-order valence-corrected chi connectivity index (χ0v) is 21.8. The number of nitrogens with zero attached hydrogens (tertiary/aromatic N) is 2. The summed E-state index contributed by atoms with van der Waals surface area (Å²) in [4.78, 5) is 30.4. The zero-order valence-electron chi connectivity index (χ0n) is 21.8. The third kappa shape index (κ3) is 4.81. The molecule has 0 unspecified atom stereocenters. The van der Waals surface area contributed by atoms with Gasteiger partial charge in [-0.3, -0.25) is 4.79 Å². The number of methoxy groups -OCH3 is 1. The molecule has 3 aliphatic rings. The van der Waals surface area contributed by atoms with Gasteiger partial charge in [0, 0.05) is 42.4 Å². The van der Waals surface area contributed by atoms with Gasteiger partial charge in [-0.15, -0.1) is 0 Å². The Labute approximate surface area is 222 Å². The number of piperidine rings is 1. The van der Waals surface area contributed by atoms with Crippen molar-refractivity contribution in [3.05, 3.63) is 82.3 Å². The lowest BCUT2D eigenvalue weighted by Crippen LogP contribution is -3.12. The molecule has 3 aliphatic heterocycles. The van der Waals surface area contributed by atoms with Crippen LogP contribution in [0.5, 0.6) is 5.75 Å². The Balaban J connectivity index is 1.24. The molecule has 0 spiro atoms. The van der Waals surface area contributed by atoms with Gasteiger partial charge in [0.05, 0.1) is 26.0 Å². The molecule has 3 aromatic rings. The maximum Gasteiger partial charge on any atom is 0.321 e. The number of carbonyl (C=O) groups is 1. The van der Waals surface area contributed by atoms with Crippen molar-refractivity contribution in [2.75, 3.05) is 51.8 Å². The third-order valence-corrected chi connectivity index (χ3v) is 8.19. The highest BCUT2D eigenvalue weighted by Crippen LogP contribution is 2.36. The average molecular weight is 516 g/mol. The van der Waals surface area contributed by atoms with Gasteiger partial charge >= 0.3 is 6.03 Å². The van der Waals surface area contributed by atoms with E-state index >= 15 is 0 Å². The Morgan fingerprint density at radius 2 is 1.79 bits per heavy atom. The summed E-state index contributed by atoms with van der Waals surface area (Å²) in [6, 6.07) is 19.7. The number of ether oxygens (including phenoxy) is 2. The molecule has 2 amide bonds. The van der Waals surface area contributed by atoms with E-state index in [4.69, 9.17) is 9.47 Å². The number of likely N-dealkylation sites (tertiary alicyclic amines) is 1. The van der Waals surface area contributed by atoms with Crippen LogP contribution in [-0.2, 0) is 17.8 Å². The number of aromatic nitrogens is 1. The number of morpholine rings is 1. The summed E-state index contributed by atoms with van der Waals surface area (Å²) in [5, 5.41) is 3.01. The van der Waals surface area contributed by atoms with Gasteiger partial charge in [0.1, 0.15) is 25.4 Å². The fraction of sp³-hybridized carbons (Fsp3) is 0.400. The highest BCUT2D eigenvalue weighted by Gasteiger charge is 2.37. The highest BCUT2D eigenvalue weighted by molar-refractivity contribution is 5.91. The predicted octanol–water partition coefficient (Wildman–Crippen LogP) is 2.59. The van der Waals surface area contributed by atoms with Gasteiger partial charge in [-0.05, 0) is 42.2 Å². The summed E-state index contributed by atoms with van der Waals surface area (Å²) in [7, 11) is 1.60. The monoisotopic (exact) mass is 515 g/mol.